The first kappa shape index (κ1) is 10.6. The van der Waals surface area contributed by atoms with Gasteiger partial charge in [-0.05, 0) is 17.7 Å². The summed E-state index contributed by atoms with van der Waals surface area (Å²) in [6, 6.07) is 2.27. The second-order valence-electron chi connectivity index (χ2n) is 2.97. The molecular formula is C9H9F2NO2. The Kier molecular flexibility index (Phi) is 3.14. The molecule has 1 aromatic carbocycles. The van der Waals surface area contributed by atoms with E-state index in [1.54, 1.807) is 0 Å². The highest BCUT2D eigenvalue weighted by Gasteiger charge is 2.10. The number of benzene rings is 1. The van der Waals surface area contributed by atoms with Crippen LogP contribution in [0.2, 0.25) is 0 Å². The largest absolute Gasteiger partial charge is 0.544 e. The minimum absolute atomic E-state index is 0.0273. The lowest BCUT2D eigenvalue weighted by molar-refractivity contribution is -0.437. The summed E-state index contributed by atoms with van der Waals surface area (Å²) in [6.45, 7) is 0. The number of aliphatic carboxylic acids is 1. The van der Waals surface area contributed by atoms with E-state index in [0.717, 1.165) is 12.1 Å². The molecular weight excluding hydrogens is 192 g/mol. The van der Waals surface area contributed by atoms with Gasteiger partial charge in [-0.3, -0.25) is 0 Å². The SMILES string of the molecule is [NH3+][C@H](Cc1ccc(F)c(F)c1)C(=O)[O-]. The average Bonchev–Trinajstić information content (AvgIpc) is 2.11. The quantitative estimate of drug-likeness (QED) is 0.672. The van der Waals surface area contributed by atoms with Gasteiger partial charge in [0.2, 0.25) is 0 Å². The zero-order chi connectivity index (χ0) is 10.7. The van der Waals surface area contributed by atoms with Crippen molar-refractivity contribution in [2.45, 2.75) is 12.5 Å². The summed E-state index contributed by atoms with van der Waals surface area (Å²) in [7, 11) is 0. The van der Waals surface area contributed by atoms with E-state index in [-0.39, 0.29) is 6.42 Å². The highest BCUT2D eigenvalue weighted by Crippen LogP contribution is 2.09. The Morgan fingerprint density at radius 1 is 1.43 bits per heavy atom. The molecule has 0 amide bonds. The van der Waals surface area contributed by atoms with E-state index in [0.29, 0.717) is 5.56 Å². The maximum Gasteiger partial charge on any atom is 0.159 e. The molecule has 0 bridgehead atoms. The highest BCUT2D eigenvalue weighted by molar-refractivity contribution is 5.69. The van der Waals surface area contributed by atoms with Crippen molar-refractivity contribution in [3.63, 3.8) is 0 Å². The topological polar surface area (TPSA) is 67.8 Å². The van der Waals surface area contributed by atoms with Gasteiger partial charge >= 0.3 is 0 Å². The molecule has 1 aromatic rings. The first-order valence-corrected chi connectivity index (χ1v) is 3.98. The van der Waals surface area contributed by atoms with Gasteiger partial charge in [0.1, 0.15) is 6.04 Å². The van der Waals surface area contributed by atoms with E-state index in [9.17, 15) is 18.7 Å². The Hall–Kier alpha value is -1.49. The molecule has 1 rings (SSSR count). The van der Waals surface area contributed by atoms with Crippen molar-refractivity contribution >= 4 is 5.97 Å². The minimum Gasteiger partial charge on any atom is -0.544 e. The molecule has 0 aliphatic rings. The van der Waals surface area contributed by atoms with Crippen molar-refractivity contribution in [1.29, 1.82) is 0 Å². The molecule has 0 spiro atoms. The fourth-order valence-corrected chi connectivity index (χ4v) is 1.03. The lowest BCUT2D eigenvalue weighted by Crippen LogP contribution is -2.69. The summed E-state index contributed by atoms with van der Waals surface area (Å²) < 4.78 is 25.1. The lowest BCUT2D eigenvalue weighted by Gasteiger charge is -2.09. The minimum atomic E-state index is -1.31. The van der Waals surface area contributed by atoms with Gasteiger partial charge in [-0.2, -0.15) is 0 Å². The summed E-state index contributed by atoms with van der Waals surface area (Å²) in [5, 5.41) is 10.3. The molecule has 0 aromatic heterocycles. The van der Waals surface area contributed by atoms with Gasteiger partial charge in [-0.25, -0.2) is 8.78 Å². The Balaban J connectivity index is 2.78. The van der Waals surface area contributed by atoms with Crippen LogP contribution < -0.4 is 10.8 Å². The van der Waals surface area contributed by atoms with Crippen LogP contribution in [0.5, 0.6) is 0 Å². The van der Waals surface area contributed by atoms with Crippen molar-refractivity contribution < 1.29 is 24.4 Å². The first-order valence-electron chi connectivity index (χ1n) is 3.98. The van der Waals surface area contributed by atoms with Gasteiger partial charge in [-0.1, -0.05) is 6.07 Å². The van der Waals surface area contributed by atoms with Gasteiger partial charge < -0.3 is 15.6 Å². The van der Waals surface area contributed by atoms with E-state index >= 15 is 0 Å². The highest BCUT2D eigenvalue weighted by atomic mass is 19.2. The molecule has 14 heavy (non-hydrogen) atoms. The van der Waals surface area contributed by atoms with Crippen LogP contribution in [-0.4, -0.2) is 12.0 Å². The third-order valence-electron chi connectivity index (χ3n) is 1.80. The van der Waals surface area contributed by atoms with Crippen molar-refractivity contribution in [3.05, 3.63) is 35.4 Å². The number of carbonyl (C=O) groups is 1. The molecule has 0 fully saturated rings. The average molecular weight is 201 g/mol. The maximum absolute atomic E-state index is 12.7. The number of carboxylic acids is 1. The third kappa shape index (κ3) is 2.50. The van der Waals surface area contributed by atoms with Crippen LogP contribution in [0.25, 0.3) is 0 Å². The van der Waals surface area contributed by atoms with Crippen molar-refractivity contribution in [2.75, 3.05) is 0 Å². The predicted molar refractivity (Wildman–Crippen MR) is 41.7 cm³/mol. The van der Waals surface area contributed by atoms with Crippen molar-refractivity contribution in [2.24, 2.45) is 0 Å². The van der Waals surface area contributed by atoms with E-state index in [2.05, 4.69) is 5.73 Å². The second-order valence-corrected chi connectivity index (χ2v) is 2.97. The number of carboxylic acid groups (broad SMARTS) is 1. The molecule has 5 heteroatoms. The fraction of sp³-hybridized carbons (Fsp3) is 0.222. The normalized spacial score (nSPS) is 12.5. The van der Waals surface area contributed by atoms with Crippen molar-refractivity contribution in [3.8, 4) is 0 Å². The molecule has 0 aliphatic carbocycles. The van der Waals surface area contributed by atoms with E-state index < -0.39 is 23.6 Å². The molecule has 0 saturated carbocycles. The Morgan fingerprint density at radius 3 is 2.57 bits per heavy atom. The zero-order valence-electron chi connectivity index (χ0n) is 7.30. The monoisotopic (exact) mass is 201 g/mol. The lowest BCUT2D eigenvalue weighted by atomic mass is 10.1. The van der Waals surface area contributed by atoms with Crippen LogP contribution in [0, 0.1) is 11.6 Å². The first-order chi connectivity index (χ1) is 6.50. The van der Waals surface area contributed by atoms with Crippen LogP contribution in [-0.2, 0) is 11.2 Å². The molecule has 0 heterocycles. The molecule has 0 saturated heterocycles. The van der Waals surface area contributed by atoms with Crippen molar-refractivity contribution in [1.82, 2.24) is 0 Å². The standard InChI is InChI=1S/C9H9F2NO2/c10-6-2-1-5(3-7(6)11)4-8(12)9(13)14/h1-3,8H,4,12H2,(H,13,14)/t8-/m1/s1. The predicted octanol–water partition coefficient (Wildman–Crippen LogP) is -1.13. The Morgan fingerprint density at radius 2 is 2.07 bits per heavy atom. The number of quaternary nitrogens is 1. The number of carbonyl (C=O) groups excluding carboxylic acids is 1. The molecule has 0 aliphatic heterocycles. The van der Waals surface area contributed by atoms with Crippen LogP contribution >= 0.6 is 0 Å². The molecule has 0 unspecified atom stereocenters. The smallest absolute Gasteiger partial charge is 0.159 e. The molecule has 1 atom stereocenters. The van der Waals surface area contributed by atoms with Gasteiger partial charge in [0, 0.05) is 6.42 Å². The van der Waals surface area contributed by atoms with E-state index in [1.165, 1.54) is 6.07 Å². The van der Waals surface area contributed by atoms with Crippen LogP contribution in [0.4, 0.5) is 8.78 Å². The van der Waals surface area contributed by atoms with E-state index in [1.807, 2.05) is 0 Å². The van der Waals surface area contributed by atoms with Gasteiger partial charge in [0.05, 0.1) is 5.97 Å². The summed E-state index contributed by atoms with van der Waals surface area (Å²) >= 11 is 0. The fourth-order valence-electron chi connectivity index (χ4n) is 1.03. The number of rotatable bonds is 3. The van der Waals surface area contributed by atoms with Gasteiger partial charge in [-0.15, -0.1) is 0 Å². The number of hydrogen-bond acceptors (Lipinski definition) is 2. The summed E-state index contributed by atoms with van der Waals surface area (Å²) in [5.74, 6) is -3.26. The molecule has 76 valence electrons. The molecule has 0 radical (unpaired) electrons. The number of hydrogen-bond donors (Lipinski definition) is 1. The van der Waals surface area contributed by atoms with Crippen LogP contribution in [0.1, 0.15) is 5.56 Å². The summed E-state index contributed by atoms with van der Waals surface area (Å²) in [6.07, 6.45) is 0.0273. The Labute approximate surface area is 79.2 Å². The zero-order valence-corrected chi connectivity index (χ0v) is 7.30. The number of halogens is 2. The summed E-state index contributed by atoms with van der Waals surface area (Å²) in [5.41, 5.74) is 3.69. The third-order valence-corrected chi connectivity index (χ3v) is 1.80. The van der Waals surface area contributed by atoms with Gasteiger partial charge in [0.25, 0.3) is 0 Å². The van der Waals surface area contributed by atoms with Gasteiger partial charge in [0.15, 0.2) is 11.6 Å². The van der Waals surface area contributed by atoms with E-state index in [4.69, 9.17) is 0 Å². The second kappa shape index (κ2) is 4.15. The molecule has 3 N–H and O–H groups in total. The molecule has 3 nitrogen and oxygen atoms in total. The van der Waals surface area contributed by atoms with Crippen LogP contribution in [0.3, 0.4) is 0 Å². The Bertz CT molecular complexity index is 355. The summed E-state index contributed by atoms with van der Waals surface area (Å²) in [4.78, 5) is 10.3. The maximum atomic E-state index is 12.7. The van der Waals surface area contributed by atoms with Crippen LogP contribution in [0.15, 0.2) is 18.2 Å².